The highest BCUT2D eigenvalue weighted by atomic mass is 19.1. The van der Waals surface area contributed by atoms with E-state index < -0.39 is 6.10 Å². The molecule has 124 valence electrons. The average Bonchev–Trinajstić information content (AvgIpc) is 2.55. The summed E-state index contributed by atoms with van der Waals surface area (Å²) in [6.45, 7) is 0.961. The SMILES string of the molecule is COc1cccc(C(O)CN(C)Cc2ccc(OC)c(F)c2)c1. The van der Waals surface area contributed by atoms with Gasteiger partial charge in [0.2, 0.25) is 0 Å². The first-order valence-electron chi connectivity index (χ1n) is 7.36. The van der Waals surface area contributed by atoms with Crippen LogP contribution in [0.4, 0.5) is 4.39 Å². The second-order valence-electron chi connectivity index (χ2n) is 5.46. The summed E-state index contributed by atoms with van der Waals surface area (Å²) in [7, 11) is 4.91. The molecule has 1 N–H and O–H groups in total. The van der Waals surface area contributed by atoms with Crippen LogP contribution >= 0.6 is 0 Å². The van der Waals surface area contributed by atoms with Gasteiger partial charge in [0.15, 0.2) is 11.6 Å². The molecule has 4 nitrogen and oxygen atoms in total. The van der Waals surface area contributed by atoms with Crippen LogP contribution in [0.5, 0.6) is 11.5 Å². The number of aliphatic hydroxyl groups is 1. The summed E-state index contributed by atoms with van der Waals surface area (Å²) in [6, 6.07) is 12.2. The molecule has 2 aromatic carbocycles. The molecule has 0 aliphatic rings. The molecule has 2 rings (SSSR count). The van der Waals surface area contributed by atoms with E-state index in [-0.39, 0.29) is 11.6 Å². The molecule has 23 heavy (non-hydrogen) atoms. The number of ether oxygens (including phenoxy) is 2. The minimum Gasteiger partial charge on any atom is -0.497 e. The van der Waals surface area contributed by atoms with Crippen LogP contribution in [0.25, 0.3) is 0 Å². The maximum Gasteiger partial charge on any atom is 0.165 e. The molecule has 2 aromatic rings. The van der Waals surface area contributed by atoms with Crippen LogP contribution in [0, 0.1) is 5.82 Å². The fourth-order valence-corrected chi connectivity index (χ4v) is 2.43. The highest BCUT2D eigenvalue weighted by Crippen LogP contribution is 2.21. The molecule has 0 aliphatic heterocycles. The Morgan fingerprint density at radius 2 is 1.91 bits per heavy atom. The van der Waals surface area contributed by atoms with Gasteiger partial charge in [-0.15, -0.1) is 0 Å². The van der Waals surface area contributed by atoms with Gasteiger partial charge in [0.1, 0.15) is 5.75 Å². The van der Waals surface area contributed by atoms with Crippen molar-refractivity contribution >= 4 is 0 Å². The molecule has 0 spiro atoms. The Kier molecular flexibility index (Phi) is 5.96. The van der Waals surface area contributed by atoms with Crippen LogP contribution in [-0.2, 0) is 6.54 Å². The minimum absolute atomic E-state index is 0.229. The number of halogens is 1. The van der Waals surface area contributed by atoms with E-state index in [4.69, 9.17) is 9.47 Å². The van der Waals surface area contributed by atoms with Gasteiger partial charge in [-0.25, -0.2) is 4.39 Å². The van der Waals surface area contributed by atoms with Gasteiger partial charge in [0.25, 0.3) is 0 Å². The van der Waals surface area contributed by atoms with Gasteiger partial charge >= 0.3 is 0 Å². The predicted octanol–water partition coefficient (Wildman–Crippen LogP) is 3.01. The monoisotopic (exact) mass is 319 g/mol. The zero-order valence-corrected chi connectivity index (χ0v) is 13.6. The molecule has 5 heteroatoms. The van der Waals surface area contributed by atoms with E-state index in [0.717, 1.165) is 11.1 Å². The van der Waals surface area contributed by atoms with Gasteiger partial charge < -0.3 is 14.6 Å². The van der Waals surface area contributed by atoms with Crippen molar-refractivity contribution in [1.82, 2.24) is 4.90 Å². The summed E-state index contributed by atoms with van der Waals surface area (Å²) in [5.41, 5.74) is 1.61. The lowest BCUT2D eigenvalue weighted by molar-refractivity contribution is 0.123. The maximum atomic E-state index is 13.7. The van der Waals surface area contributed by atoms with Gasteiger partial charge in [-0.1, -0.05) is 18.2 Å². The molecule has 0 aliphatic carbocycles. The third-order valence-electron chi connectivity index (χ3n) is 3.63. The Morgan fingerprint density at radius 3 is 2.57 bits per heavy atom. The minimum atomic E-state index is -0.641. The molecule has 0 amide bonds. The second-order valence-corrected chi connectivity index (χ2v) is 5.46. The van der Waals surface area contributed by atoms with Crippen LogP contribution in [0.3, 0.4) is 0 Å². The lowest BCUT2D eigenvalue weighted by Crippen LogP contribution is -2.24. The van der Waals surface area contributed by atoms with Crippen LogP contribution in [-0.4, -0.2) is 37.8 Å². The highest BCUT2D eigenvalue weighted by molar-refractivity contribution is 5.30. The summed E-state index contributed by atoms with van der Waals surface area (Å²) in [5, 5.41) is 10.3. The summed E-state index contributed by atoms with van der Waals surface area (Å²) >= 11 is 0. The number of hydrogen-bond acceptors (Lipinski definition) is 4. The predicted molar refractivity (Wildman–Crippen MR) is 87.2 cm³/mol. The van der Waals surface area contributed by atoms with Gasteiger partial charge in [-0.3, -0.25) is 4.90 Å². The molecule has 0 radical (unpaired) electrons. The normalized spacial score (nSPS) is 12.3. The largest absolute Gasteiger partial charge is 0.497 e. The Morgan fingerprint density at radius 1 is 1.13 bits per heavy atom. The van der Waals surface area contributed by atoms with Gasteiger partial charge in [0, 0.05) is 13.1 Å². The van der Waals surface area contributed by atoms with Crippen molar-refractivity contribution in [3.8, 4) is 11.5 Å². The van der Waals surface area contributed by atoms with Crippen molar-refractivity contribution in [3.63, 3.8) is 0 Å². The molecular weight excluding hydrogens is 297 g/mol. The Bertz CT molecular complexity index is 648. The molecule has 0 fully saturated rings. The molecule has 0 heterocycles. The molecular formula is C18H22FNO3. The summed E-state index contributed by atoms with van der Waals surface area (Å²) < 4.78 is 23.8. The lowest BCUT2D eigenvalue weighted by atomic mass is 10.1. The fraction of sp³-hybridized carbons (Fsp3) is 0.333. The van der Waals surface area contributed by atoms with Crippen molar-refractivity contribution in [3.05, 3.63) is 59.4 Å². The highest BCUT2D eigenvalue weighted by Gasteiger charge is 2.13. The summed E-state index contributed by atoms with van der Waals surface area (Å²) in [4.78, 5) is 1.94. The van der Waals surface area contributed by atoms with E-state index in [1.165, 1.54) is 13.2 Å². The van der Waals surface area contributed by atoms with E-state index in [0.29, 0.717) is 18.8 Å². The van der Waals surface area contributed by atoms with Crippen LogP contribution in [0.1, 0.15) is 17.2 Å². The van der Waals surface area contributed by atoms with Crippen LogP contribution < -0.4 is 9.47 Å². The third-order valence-corrected chi connectivity index (χ3v) is 3.63. The maximum absolute atomic E-state index is 13.7. The van der Waals surface area contributed by atoms with Crippen molar-refractivity contribution in [2.24, 2.45) is 0 Å². The number of nitrogens with zero attached hydrogens (tertiary/aromatic N) is 1. The number of hydrogen-bond donors (Lipinski definition) is 1. The fourth-order valence-electron chi connectivity index (χ4n) is 2.43. The zero-order chi connectivity index (χ0) is 16.8. The number of methoxy groups -OCH3 is 2. The Balaban J connectivity index is 1.98. The summed E-state index contributed by atoms with van der Waals surface area (Å²) in [5.74, 6) is 0.556. The van der Waals surface area contributed by atoms with Crippen molar-refractivity contribution < 1.29 is 19.0 Å². The van der Waals surface area contributed by atoms with Crippen molar-refractivity contribution in [1.29, 1.82) is 0 Å². The van der Waals surface area contributed by atoms with E-state index in [2.05, 4.69) is 0 Å². The van der Waals surface area contributed by atoms with Crippen LogP contribution in [0.15, 0.2) is 42.5 Å². The van der Waals surface area contributed by atoms with Gasteiger partial charge in [-0.05, 0) is 42.4 Å². The van der Waals surface area contributed by atoms with Gasteiger partial charge in [-0.2, -0.15) is 0 Å². The molecule has 0 saturated heterocycles. The molecule has 0 aromatic heterocycles. The topological polar surface area (TPSA) is 41.9 Å². The zero-order valence-electron chi connectivity index (χ0n) is 13.6. The first kappa shape index (κ1) is 17.2. The number of aliphatic hydroxyl groups excluding tert-OH is 1. The quantitative estimate of drug-likeness (QED) is 0.852. The molecule has 1 unspecified atom stereocenters. The first-order valence-corrected chi connectivity index (χ1v) is 7.36. The smallest absolute Gasteiger partial charge is 0.165 e. The van der Waals surface area contributed by atoms with E-state index in [9.17, 15) is 9.50 Å². The van der Waals surface area contributed by atoms with Crippen LogP contribution in [0.2, 0.25) is 0 Å². The van der Waals surface area contributed by atoms with E-state index in [1.807, 2.05) is 42.3 Å². The first-order chi connectivity index (χ1) is 11.0. The Labute approximate surface area is 136 Å². The van der Waals surface area contributed by atoms with E-state index >= 15 is 0 Å². The molecule has 0 bridgehead atoms. The number of benzene rings is 2. The molecule has 0 saturated carbocycles. The average molecular weight is 319 g/mol. The number of rotatable bonds is 7. The third kappa shape index (κ3) is 4.68. The van der Waals surface area contributed by atoms with Crippen molar-refractivity contribution in [2.75, 3.05) is 27.8 Å². The van der Waals surface area contributed by atoms with Gasteiger partial charge in [0.05, 0.1) is 20.3 Å². The standard InChI is InChI=1S/C18H22FNO3/c1-20(11-13-7-8-18(23-3)16(19)9-13)12-17(21)14-5-4-6-15(10-14)22-2/h4-10,17,21H,11-12H2,1-3H3. The second kappa shape index (κ2) is 7.94. The lowest BCUT2D eigenvalue weighted by Gasteiger charge is -2.21. The Hall–Kier alpha value is -2.11. The summed E-state index contributed by atoms with van der Waals surface area (Å²) in [6.07, 6.45) is -0.641. The van der Waals surface area contributed by atoms with E-state index in [1.54, 1.807) is 13.2 Å². The van der Waals surface area contributed by atoms with Crippen molar-refractivity contribution in [2.45, 2.75) is 12.6 Å². The number of likely N-dealkylation sites (N-methyl/N-ethyl adjacent to an activating group) is 1. The molecule has 1 atom stereocenters.